The molecular formula is C28H24FN3O2S. The smallest absolute Gasteiger partial charge is 0.229 e. The zero-order valence-corrected chi connectivity index (χ0v) is 20.2. The number of benzene rings is 3. The zero-order valence-electron chi connectivity index (χ0n) is 19.4. The highest BCUT2D eigenvalue weighted by atomic mass is 32.1. The number of aromatic nitrogens is 1. The van der Waals surface area contributed by atoms with E-state index in [1.54, 1.807) is 23.1 Å². The molecule has 1 aliphatic rings. The Balaban J connectivity index is 1.35. The molecule has 4 aromatic rings. The summed E-state index contributed by atoms with van der Waals surface area (Å²) in [6.45, 7) is 4.38. The molecule has 0 aliphatic carbocycles. The third-order valence-corrected chi connectivity index (χ3v) is 7.24. The molecule has 5 rings (SSSR count). The van der Waals surface area contributed by atoms with Crippen LogP contribution in [0.3, 0.4) is 0 Å². The molecule has 0 saturated carbocycles. The molecule has 0 spiro atoms. The molecule has 1 unspecified atom stereocenters. The summed E-state index contributed by atoms with van der Waals surface area (Å²) in [5, 5.41) is 5.43. The minimum Gasteiger partial charge on any atom is -0.325 e. The average molecular weight is 486 g/mol. The van der Waals surface area contributed by atoms with Crippen molar-refractivity contribution >= 4 is 34.5 Å². The van der Waals surface area contributed by atoms with Gasteiger partial charge in [0.25, 0.3) is 0 Å². The zero-order chi connectivity index (χ0) is 24.5. The largest absolute Gasteiger partial charge is 0.325 e. The van der Waals surface area contributed by atoms with Gasteiger partial charge in [0.2, 0.25) is 11.8 Å². The lowest BCUT2D eigenvalue weighted by Gasteiger charge is -2.18. The number of rotatable bonds is 5. The van der Waals surface area contributed by atoms with Crippen LogP contribution in [0.5, 0.6) is 0 Å². The highest BCUT2D eigenvalue weighted by Crippen LogP contribution is 2.34. The number of aryl methyl sites for hydroxylation is 2. The lowest BCUT2D eigenvalue weighted by atomic mass is 10.1. The number of nitrogens with one attached hydrogen (secondary N) is 1. The topological polar surface area (TPSA) is 62.3 Å². The molecule has 1 atom stereocenters. The van der Waals surface area contributed by atoms with Gasteiger partial charge < -0.3 is 10.2 Å². The van der Waals surface area contributed by atoms with Crippen LogP contribution in [-0.2, 0) is 9.59 Å². The standard InChI is InChI=1S/C28H24FN3O2S/c1-17-11-12-20(13-18(17)2)32-15-19(14-26(32)33)27(34)30-24-10-6-4-8-22(24)25-16-35-28(31-25)21-7-3-5-9-23(21)29/h3-13,16,19H,14-15H2,1-2H3,(H,30,34). The van der Waals surface area contributed by atoms with Crippen molar-refractivity contribution in [1.29, 1.82) is 0 Å². The van der Waals surface area contributed by atoms with Crippen molar-refractivity contribution < 1.29 is 14.0 Å². The molecule has 2 amide bonds. The van der Waals surface area contributed by atoms with Crippen molar-refractivity contribution in [3.63, 3.8) is 0 Å². The summed E-state index contributed by atoms with van der Waals surface area (Å²) >= 11 is 1.35. The highest BCUT2D eigenvalue weighted by Gasteiger charge is 2.35. The van der Waals surface area contributed by atoms with E-state index in [2.05, 4.69) is 10.3 Å². The van der Waals surface area contributed by atoms with Gasteiger partial charge in [-0.25, -0.2) is 9.37 Å². The van der Waals surface area contributed by atoms with E-state index in [-0.39, 0.29) is 24.1 Å². The summed E-state index contributed by atoms with van der Waals surface area (Å²) in [5.74, 6) is -1.05. The number of anilines is 2. The maximum absolute atomic E-state index is 14.2. The fraction of sp³-hybridized carbons (Fsp3) is 0.179. The molecule has 3 aromatic carbocycles. The van der Waals surface area contributed by atoms with Crippen LogP contribution < -0.4 is 10.2 Å². The number of halogens is 1. The van der Waals surface area contributed by atoms with Gasteiger partial charge in [-0.15, -0.1) is 11.3 Å². The van der Waals surface area contributed by atoms with Gasteiger partial charge in [-0.3, -0.25) is 9.59 Å². The molecule has 35 heavy (non-hydrogen) atoms. The summed E-state index contributed by atoms with van der Waals surface area (Å²) in [6.07, 6.45) is 0.162. The normalized spacial score (nSPS) is 15.5. The van der Waals surface area contributed by atoms with E-state index >= 15 is 0 Å². The Hall–Kier alpha value is -3.84. The SMILES string of the molecule is Cc1ccc(N2CC(C(=O)Nc3ccccc3-c3csc(-c4ccccc4F)n3)CC2=O)cc1C. The fourth-order valence-corrected chi connectivity index (χ4v) is 5.08. The van der Waals surface area contributed by atoms with E-state index in [9.17, 15) is 14.0 Å². The van der Waals surface area contributed by atoms with E-state index in [1.807, 2.05) is 61.7 Å². The maximum atomic E-state index is 14.2. The van der Waals surface area contributed by atoms with Gasteiger partial charge in [0.05, 0.1) is 17.3 Å². The summed E-state index contributed by atoms with van der Waals surface area (Å²) in [6, 6.07) is 19.8. The van der Waals surface area contributed by atoms with Crippen molar-refractivity contribution in [2.75, 3.05) is 16.8 Å². The van der Waals surface area contributed by atoms with Crippen LogP contribution in [0.4, 0.5) is 15.8 Å². The summed E-state index contributed by atoms with van der Waals surface area (Å²) in [7, 11) is 0. The number of para-hydroxylation sites is 1. The van der Waals surface area contributed by atoms with E-state index < -0.39 is 5.92 Å². The number of amides is 2. The number of carbonyl (C=O) groups excluding carboxylic acids is 2. The summed E-state index contributed by atoms with van der Waals surface area (Å²) in [5.41, 5.74) is 5.54. The first-order valence-corrected chi connectivity index (χ1v) is 12.3. The van der Waals surface area contributed by atoms with Crippen LogP contribution in [0.1, 0.15) is 17.5 Å². The molecule has 5 nitrogen and oxygen atoms in total. The van der Waals surface area contributed by atoms with E-state index in [0.29, 0.717) is 28.5 Å². The molecular weight excluding hydrogens is 461 g/mol. The van der Waals surface area contributed by atoms with Gasteiger partial charge in [0.1, 0.15) is 10.8 Å². The molecule has 7 heteroatoms. The number of nitrogens with zero attached hydrogens (tertiary/aromatic N) is 2. The Kier molecular flexibility index (Phi) is 6.17. The molecule has 0 bridgehead atoms. The Morgan fingerprint density at radius 2 is 1.77 bits per heavy atom. The molecule has 1 N–H and O–H groups in total. The van der Waals surface area contributed by atoms with E-state index in [4.69, 9.17) is 0 Å². The number of carbonyl (C=O) groups is 2. The van der Waals surface area contributed by atoms with Crippen molar-refractivity contribution in [2.24, 2.45) is 5.92 Å². The first kappa shape index (κ1) is 22.9. The molecule has 1 fully saturated rings. The van der Waals surface area contributed by atoms with Gasteiger partial charge in [-0.05, 0) is 55.3 Å². The van der Waals surface area contributed by atoms with Crippen LogP contribution in [0.15, 0.2) is 72.1 Å². The van der Waals surface area contributed by atoms with Crippen LogP contribution in [0.25, 0.3) is 21.8 Å². The minimum atomic E-state index is -0.457. The van der Waals surface area contributed by atoms with Crippen molar-refractivity contribution in [1.82, 2.24) is 4.98 Å². The lowest BCUT2D eigenvalue weighted by Crippen LogP contribution is -2.28. The second-order valence-electron chi connectivity index (χ2n) is 8.73. The first-order valence-electron chi connectivity index (χ1n) is 11.4. The van der Waals surface area contributed by atoms with Crippen LogP contribution in [-0.4, -0.2) is 23.3 Å². The quantitative estimate of drug-likeness (QED) is 0.365. The van der Waals surface area contributed by atoms with Gasteiger partial charge in [0, 0.05) is 35.2 Å². The molecule has 2 heterocycles. The molecule has 0 radical (unpaired) electrons. The minimum absolute atomic E-state index is 0.0595. The Bertz CT molecular complexity index is 1430. The average Bonchev–Trinajstić information content (AvgIpc) is 3.49. The highest BCUT2D eigenvalue weighted by molar-refractivity contribution is 7.13. The summed E-state index contributed by atoms with van der Waals surface area (Å²) < 4.78 is 14.2. The predicted molar refractivity (Wildman–Crippen MR) is 138 cm³/mol. The second kappa shape index (κ2) is 9.43. The van der Waals surface area contributed by atoms with Crippen molar-refractivity contribution in [2.45, 2.75) is 20.3 Å². The second-order valence-corrected chi connectivity index (χ2v) is 9.58. The van der Waals surface area contributed by atoms with Crippen molar-refractivity contribution in [3.05, 3.63) is 89.1 Å². The number of hydrogen-bond acceptors (Lipinski definition) is 4. The Morgan fingerprint density at radius 1 is 1.03 bits per heavy atom. The Labute approximate surface area is 207 Å². The van der Waals surface area contributed by atoms with Crippen LogP contribution in [0.2, 0.25) is 0 Å². The lowest BCUT2D eigenvalue weighted by molar-refractivity contribution is -0.122. The monoisotopic (exact) mass is 485 g/mol. The maximum Gasteiger partial charge on any atom is 0.229 e. The fourth-order valence-electron chi connectivity index (χ4n) is 4.23. The van der Waals surface area contributed by atoms with Gasteiger partial charge in [-0.1, -0.05) is 36.4 Å². The van der Waals surface area contributed by atoms with Gasteiger partial charge in [0.15, 0.2) is 0 Å². The number of hydrogen-bond donors (Lipinski definition) is 1. The first-order chi connectivity index (χ1) is 16.9. The third kappa shape index (κ3) is 4.59. The van der Waals surface area contributed by atoms with Gasteiger partial charge >= 0.3 is 0 Å². The molecule has 1 saturated heterocycles. The van der Waals surface area contributed by atoms with Crippen LogP contribution >= 0.6 is 11.3 Å². The molecule has 1 aromatic heterocycles. The van der Waals surface area contributed by atoms with Crippen molar-refractivity contribution in [3.8, 4) is 21.8 Å². The molecule has 1 aliphatic heterocycles. The predicted octanol–water partition coefficient (Wildman–Crippen LogP) is 6.22. The number of thiazole rings is 1. The van der Waals surface area contributed by atoms with E-state index in [0.717, 1.165) is 22.4 Å². The van der Waals surface area contributed by atoms with Crippen LogP contribution in [0, 0.1) is 25.6 Å². The Morgan fingerprint density at radius 3 is 2.54 bits per heavy atom. The molecule has 176 valence electrons. The summed E-state index contributed by atoms with van der Waals surface area (Å²) in [4.78, 5) is 32.2. The van der Waals surface area contributed by atoms with Gasteiger partial charge in [-0.2, -0.15) is 0 Å². The van der Waals surface area contributed by atoms with E-state index in [1.165, 1.54) is 17.4 Å². The third-order valence-electron chi connectivity index (χ3n) is 6.37.